The Labute approximate surface area is 166 Å². The van der Waals surface area contributed by atoms with Crippen LogP contribution >= 0.6 is 33.9 Å². The predicted octanol–water partition coefficient (Wildman–Crippen LogP) is 3.83. The van der Waals surface area contributed by atoms with E-state index >= 15 is 0 Å². The summed E-state index contributed by atoms with van der Waals surface area (Å²) in [5, 5.41) is 1.96. The molecule has 0 aliphatic rings. The Hall–Kier alpha value is -0.970. The molecule has 0 aliphatic carbocycles. The van der Waals surface area contributed by atoms with E-state index < -0.39 is 22.0 Å². The number of esters is 1. The highest BCUT2D eigenvalue weighted by Gasteiger charge is 2.29. The quantitative estimate of drug-likeness (QED) is 0.345. The summed E-state index contributed by atoms with van der Waals surface area (Å²) in [4.78, 5) is 13.5. The van der Waals surface area contributed by atoms with Crippen molar-refractivity contribution in [1.29, 1.82) is 0 Å². The minimum absolute atomic E-state index is 0.00715. The van der Waals surface area contributed by atoms with Gasteiger partial charge in [0.1, 0.15) is 6.04 Å². The molecular formula is C17H20INO4S2. The van der Waals surface area contributed by atoms with Crippen LogP contribution in [0, 0.1) is 6.92 Å². The molecule has 1 aromatic carbocycles. The molecule has 25 heavy (non-hydrogen) atoms. The number of sulfonamides is 1. The highest BCUT2D eigenvalue weighted by Crippen LogP contribution is 2.32. The number of rotatable bonds is 8. The van der Waals surface area contributed by atoms with Crippen molar-refractivity contribution in [2.45, 2.75) is 35.1 Å². The summed E-state index contributed by atoms with van der Waals surface area (Å²) >= 11 is 3.80. The highest BCUT2D eigenvalue weighted by atomic mass is 127. The van der Waals surface area contributed by atoms with Crippen LogP contribution in [0.4, 0.5) is 0 Å². The molecule has 2 atom stereocenters. The van der Waals surface area contributed by atoms with Crippen LogP contribution < -0.4 is 4.72 Å². The fourth-order valence-corrected chi connectivity index (χ4v) is 5.27. The van der Waals surface area contributed by atoms with Gasteiger partial charge in [-0.3, -0.25) is 4.79 Å². The first kappa shape index (κ1) is 20.3. The summed E-state index contributed by atoms with van der Waals surface area (Å²) in [5.74, 6) is -0.559. The molecule has 0 bridgehead atoms. The first-order chi connectivity index (χ1) is 11.8. The zero-order valence-electron chi connectivity index (χ0n) is 13.9. The summed E-state index contributed by atoms with van der Waals surface area (Å²) in [6.07, 6.45) is 0.324. The summed E-state index contributed by atoms with van der Waals surface area (Å²) < 4.78 is 32.8. The summed E-state index contributed by atoms with van der Waals surface area (Å²) in [5.41, 5.74) is 0.964. The summed E-state index contributed by atoms with van der Waals surface area (Å²) in [6.45, 7) is 3.78. The average Bonchev–Trinajstić information content (AvgIpc) is 3.09. The van der Waals surface area contributed by atoms with E-state index in [0.717, 1.165) is 10.4 Å². The van der Waals surface area contributed by atoms with E-state index in [1.165, 1.54) is 12.1 Å². The van der Waals surface area contributed by atoms with Crippen LogP contribution in [0.25, 0.3) is 0 Å². The van der Waals surface area contributed by atoms with Gasteiger partial charge >= 0.3 is 5.97 Å². The molecule has 0 amide bonds. The highest BCUT2D eigenvalue weighted by molar-refractivity contribution is 14.1. The number of carbonyl (C=O) groups excluding carboxylic acids is 1. The molecule has 0 saturated heterocycles. The Morgan fingerprint density at radius 1 is 1.28 bits per heavy atom. The molecule has 1 N–H and O–H groups in total. The topological polar surface area (TPSA) is 72.5 Å². The zero-order valence-corrected chi connectivity index (χ0v) is 17.7. The maximum absolute atomic E-state index is 12.6. The van der Waals surface area contributed by atoms with E-state index in [9.17, 15) is 13.2 Å². The Bertz CT molecular complexity index is 789. The molecule has 5 nitrogen and oxygen atoms in total. The number of carbonyl (C=O) groups is 1. The van der Waals surface area contributed by atoms with Gasteiger partial charge in [-0.25, -0.2) is 8.42 Å². The number of nitrogens with one attached hydrogen (secondary N) is 1. The summed E-state index contributed by atoms with van der Waals surface area (Å²) in [7, 11) is -3.80. The summed E-state index contributed by atoms with van der Waals surface area (Å²) in [6, 6.07) is 9.47. The Morgan fingerprint density at radius 2 is 1.96 bits per heavy atom. The lowest BCUT2D eigenvalue weighted by molar-refractivity contribution is -0.145. The van der Waals surface area contributed by atoms with Crippen LogP contribution in [-0.4, -0.2) is 27.0 Å². The van der Waals surface area contributed by atoms with E-state index in [1.807, 2.05) is 24.4 Å². The van der Waals surface area contributed by atoms with E-state index in [-0.39, 0.29) is 15.4 Å². The fraction of sp³-hybridized carbons (Fsp3) is 0.353. The van der Waals surface area contributed by atoms with Gasteiger partial charge in [-0.05, 0) is 43.8 Å². The molecule has 1 aromatic heterocycles. The second-order valence-corrected chi connectivity index (χ2v) is 9.65. The van der Waals surface area contributed by atoms with Crippen LogP contribution in [0.1, 0.15) is 27.7 Å². The van der Waals surface area contributed by atoms with E-state index in [2.05, 4.69) is 27.3 Å². The minimum Gasteiger partial charge on any atom is -0.465 e. The third-order valence-electron chi connectivity index (χ3n) is 3.49. The van der Waals surface area contributed by atoms with Crippen LogP contribution in [0.3, 0.4) is 0 Å². The minimum atomic E-state index is -3.80. The molecule has 0 fully saturated rings. The smallest absolute Gasteiger partial charge is 0.324 e. The van der Waals surface area contributed by atoms with Gasteiger partial charge in [0.15, 0.2) is 0 Å². The lowest BCUT2D eigenvalue weighted by atomic mass is 10.1. The van der Waals surface area contributed by atoms with Crippen molar-refractivity contribution in [2.75, 3.05) is 6.61 Å². The molecule has 0 aliphatic heterocycles. The SMILES string of the molecule is CCOC(=O)[C@H](C[C@@H](I)c1cccs1)NS(=O)(=O)c1ccc(C)cc1. The predicted molar refractivity (Wildman–Crippen MR) is 108 cm³/mol. The lowest BCUT2D eigenvalue weighted by Crippen LogP contribution is -2.42. The zero-order chi connectivity index (χ0) is 18.4. The Kier molecular flexibility index (Phi) is 7.41. The van der Waals surface area contributed by atoms with Gasteiger partial charge in [-0.15, -0.1) is 11.3 Å². The first-order valence-corrected chi connectivity index (χ1v) is 11.4. The standard InChI is InChI=1S/C17H20INO4S2/c1-3-23-17(20)15(11-14(18)16-5-4-10-24-16)19-25(21,22)13-8-6-12(2)7-9-13/h4-10,14-15,19H,3,11H2,1-2H3/t14-,15+/m1/s1. The molecule has 2 rings (SSSR count). The van der Waals surface area contributed by atoms with E-state index in [0.29, 0.717) is 6.42 Å². The molecule has 0 saturated carbocycles. The fourth-order valence-electron chi connectivity index (χ4n) is 2.20. The van der Waals surface area contributed by atoms with Crippen molar-refractivity contribution in [3.8, 4) is 0 Å². The molecule has 0 unspecified atom stereocenters. The van der Waals surface area contributed by atoms with Gasteiger partial charge in [-0.1, -0.05) is 46.4 Å². The van der Waals surface area contributed by atoms with Crippen molar-refractivity contribution >= 4 is 49.9 Å². The molecule has 8 heteroatoms. The second-order valence-electron chi connectivity index (χ2n) is 5.46. The number of hydrogen-bond acceptors (Lipinski definition) is 5. The number of aryl methyl sites for hydroxylation is 1. The normalized spacial score (nSPS) is 14.0. The number of halogens is 1. The molecule has 2 aromatic rings. The van der Waals surface area contributed by atoms with Crippen molar-refractivity contribution in [2.24, 2.45) is 0 Å². The molecule has 136 valence electrons. The monoisotopic (exact) mass is 493 g/mol. The van der Waals surface area contributed by atoms with E-state index in [1.54, 1.807) is 30.4 Å². The van der Waals surface area contributed by atoms with Gasteiger partial charge in [0.05, 0.1) is 11.5 Å². The van der Waals surface area contributed by atoms with Crippen molar-refractivity contribution in [1.82, 2.24) is 4.72 Å². The average molecular weight is 493 g/mol. The number of ether oxygens (including phenoxy) is 1. The Balaban J connectivity index is 2.20. The van der Waals surface area contributed by atoms with Gasteiger partial charge in [-0.2, -0.15) is 4.72 Å². The van der Waals surface area contributed by atoms with Crippen molar-refractivity contribution < 1.29 is 17.9 Å². The largest absolute Gasteiger partial charge is 0.465 e. The number of hydrogen-bond donors (Lipinski definition) is 1. The van der Waals surface area contributed by atoms with Crippen molar-refractivity contribution in [3.63, 3.8) is 0 Å². The van der Waals surface area contributed by atoms with Gasteiger partial charge in [0, 0.05) is 8.80 Å². The second kappa shape index (κ2) is 9.11. The Morgan fingerprint density at radius 3 is 2.52 bits per heavy atom. The number of thiophene rings is 1. The van der Waals surface area contributed by atoms with Gasteiger partial charge < -0.3 is 4.74 Å². The molecule has 0 radical (unpaired) electrons. The van der Waals surface area contributed by atoms with Crippen LogP contribution in [-0.2, 0) is 19.6 Å². The van der Waals surface area contributed by atoms with Crippen molar-refractivity contribution in [3.05, 3.63) is 52.2 Å². The third-order valence-corrected chi connectivity index (χ3v) is 7.57. The van der Waals surface area contributed by atoms with E-state index in [4.69, 9.17) is 4.74 Å². The van der Waals surface area contributed by atoms with Gasteiger partial charge in [0.2, 0.25) is 10.0 Å². The maximum atomic E-state index is 12.6. The third kappa shape index (κ3) is 5.77. The van der Waals surface area contributed by atoms with Crippen LogP contribution in [0.2, 0.25) is 0 Å². The molecule has 0 spiro atoms. The number of benzene rings is 1. The first-order valence-electron chi connectivity index (χ1n) is 7.76. The van der Waals surface area contributed by atoms with Crippen LogP contribution in [0.5, 0.6) is 0 Å². The van der Waals surface area contributed by atoms with Gasteiger partial charge in [0.25, 0.3) is 0 Å². The molecular weight excluding hydrogens is 473 g/mol. The molecule has 1 heterocycles. The lowest BCUT2D eigenvalue weighted by Gasteiger charge is -2.19. The van der Waals surface area contributed by atoms with Crippen LogP contribution in [0.15, 0.2) is 46.7 Å². The maximum Gasteiger partial charge on any atom is 0.324 e. The number of alkyl halides is 1.